The van der Waals surface area contributed by atoms with Gasteiger partial charge in [-0.1, -0.05) is 12.1 Å². The largest absolute Gasteiger partial charge is 0.346 e. The molecule has 6 nitrogen and oxygen atoms in total. The third-order valence-corrected chi connectivity index (χ3v) is 5.42. The summed E-state index contributed by atoms with van der Waals surface area (Å²) in [4.78, 5) is 21.4. The van der Waals surface area contributed by atoms with E-state index in [4.69, 9.17) is 0 Å². The van der Waals surface area contributed by atoms with Crippen LogP contribution in [0.25, 0.3) is 0 Å². The summed E-state index contributed by atoms with van der Waals surface area (Å²) in [7, 11) is 0. The van der Waals surface area contributed by atoms with Crippen LogP contribution in [0.4, 0.5) is 4.39 Å². The molecule has 0 saturated heterocycles. The van der Waals surface area contributed by atoms with Crippen molar-refractivity contribution in [2.45, 2.75) is 45.2 Å². The smallest absolute Gasteiger partial charge is 0.226 e. The molecule has 1 atom stereocenters. The fourth-order valence-electron chi connectivity index (χ4n) is 3.30. The Morgan fingerprint density at radius 1 is 1.33 bits per heavy atom. The molecule has 3 aromatic rings. The minimum absolute atomic E-state index is 0.0623. The first-order valence-corrected chi connectivity index (χ1v) is 9.83. The van der Waals surface area contributed by atoms with Crippen LogP contribution in [0.3, 0.4) is 0 Å². The fraction of sp³-hybridized carbons (Fsp3) is 0.368. The number of carbonyl (C=O) groups excluding carboxylic acids is 1. The van der Waals surface area contributed by atoms with Gasteiger partial charge in [0.05, 0.1) is 23.2 Å². The highest BCUT2D eigenvalue weighted by atomic mass is 32.1. The van der Waals surface area contributed by atoms with Crippen LogP contribution >= 0.6 is 11.3 Å². The van der Waals surface area contributed by atoms with Gasteiger partial charge in [-0.05, 0) is 37.5 Å². The molecule has 1 aliphatic rings. The Labute approximate surface area is 160 Å². The predicted molar refractivity (Wildman–Crippen MR) is 99.9 cm³/mol. The van der Waals surface area contributed by atoms with Crippen molar-refractivity contribution in [1.29, 1.82) is 0 Å². The van der Waals surface area contributed by atoms with E-state index in [0.717, 1.165) is 47.3 Å². The van der Waals surface area contributed by atoms with E-state index in [1.165, 1.54) is 23.5 Å². The van der Waals surface area contributed by atoms with Gasteiger partial charge in [-0.25, -0.2) is 19.0 Å². The van der Waals surface area contributed by atoms with Crippen molar-refractivity contribution < 1.29 is 9.18 Å². The number of aromatic nitrogens is 4. The van der Waals surface area contributed by atoms with Gasteiger partial charge in [0.2, 0.25) is 5.91 Å². The van der Waals surface area contributed by atoms with Crippen LogP contribution in [0.2, 0.25) is 0 Å². The number of thiazole rings is 1. The second kappa shape index (κ2) is 7.56. The lowest BCUT2D eigenvalue weighted by atomic mass is 10.1. The number of amides is 1. The van der Waals surface area contributed by atoms with E-state index in [2.05, 4.69) is 20.4 Å². The van der Waals surface area contributed by atoms with E-state index < -0.39 is 0 Å². The highest BCUT2D eigenvalue weighted by molar-refractivity contribution is 7.09. The molecule has 1 aliphatic heterocycles. The molecule has 140 valence electrons. The third-order valence-electron chi connectivity index (χ3n) is 4.53. The summed E-state index contributed by atoms with van der Waals surface area (Å²) in [5.41, 5.74) is 1.75. The summed E-state index contributed by atoms with van der Waals surface area (Å²) in [5, 5.41) is 10.2. The van der Waals surface area contributed by atoms with Gasteiger partial charge in [0.25, 0.3) is 0 Å². The quantitative estimate of drug-likeness (QED) is 0.733. The number of hydrogen-bond donors (Lipinski definition) is 1. The Morgan fingerprint density at radius 3 is 2.96 bits per heavy atom. The molecule has 27 heavy (non-hydrogen) atoms. The van der Waals surface area contributed by atoms with Crippen LogP contribution in [0, 0.1) is 12.7 Å². The first-order chi connectivity index (χ1) is 13.1. The Balaban J connectivity index is 1.36. The Morgan fingerprint density at radius 2 is 2.15 bits per heavy atom. The van der Waals surface area contributed by atoms with E-state index in [0.29, 0.717) is 6.42 Å². The van der Waals surface area contributed by atoms with Gasteiger partial charge in [-0.15, -0.1) is 11.3 Å². The van der Waals surface area contributed by atoms with Crippen molar-refractivity contribution in [3.8, 4) is 0 Å². The summed E-state index contributed by atoms with van der Waals surface area (Å²) in [6, 6.07) is 6.31. The second-order valence-electron chi connectivity index (χ2n) is 6.72. The topological polar surface area (TPSA) is 72.7 Å². The van der Waals surface area contributed by atoms with Crippen molar-refractivity contribution >= 4 is 17.2 Å². The summed E-state index contributed by atoms with van der Waals surface area (Å²) >= 11 is 1.52. The van der Waals surface area contributed by atoms with Crippen molar-refractivity contribution in [1.82, 2.24) is 25.1 Å². The molecule has 0 spiro atoms. The standard InChI is InChI=1S/C19H20FN5OS/c1-12-21-19-16(3-2-8-25(19)24-12)23-17(26)10-15-11-27-18(22-15)9-13-4-6-14(20)7-5-13/h4-7,11,16H,2-3,8-10H2,1H3,(H,23,26). The van der Waals surface area contributed by atoms with Gasteiger partial charge in [0, 0.05) is 18.3 Å². The molecule has 0 aliphatic carbocycles. The first-order valence-electron chi connectivity index (χ1n) is 8.95. The fourth-order valence-corrected chi connectivity index (χ4v) is 4.13. The normalized spacial score (nSPS) is 16.1. The summed E-state index contributed by atoms with van der Waals surface area (Å²) in [6.45, 7) is 2.71. The Kier molecular flexibility index (Phi) is 4.98. The van der Waals surface area contributed by atoms with Crippen LogP contribution in [0.15, 0.2) is 29.6 Å². The number of benzene rings is 1. The number of hydrogen-bond acceptors (Lipinski definition) is 5. The number of nitrogens with zero attached hydrogens (tertiary/aromatic N) is 4. The van der Waals surface area contributed by atoms with Gasteiger partial charge in [0.15, 0.2) is 0 Å². The zero-order valence-electron chi connectivity index (χ0n) is 15.0. The highest BCUT2D eigenvalue weighted by Gasteiger charge is 2.25. The third kappa shape index (κ3) is 4.21. The van der Waals surface area contributed by atoms with E-state index in [-0.39, 0.29) is 24.2 Å². The van der Waals surface area contributed by atoms with Gasteiger partial charge >= 0.3 is 0 Å². The molecule has 0 radical (unpaired) electrons. The number of nitrogens with one attached hydrogen (secondary N) is 1. The molecule has 3 heterocycles. The van der Waals surface area contributed by atoms with E-state index in [1.54, 1.807) is 12.1 Å². The molecule has 1 unspecified atom stereocenters. The minimum Gasteiger partial charge on any atom is -0.346 e. The van der Waals surface area contributed by atoms with Gasteiger partial charge < -0.3 is 5.32 Å². The minimum atomic E-state index is -0.246. The SMILES string of the molecule is Cc1nc2n(n1)CCCC2NC(=O)Cc1csc(Cc2ccc(F)cc2)n1. The van der Waals surface area contributed by atoms with Gasteiger partial charge in [-0.2, -0.15) is 5.10 Å². The lowest BCUT2D eigenvalue weighted by Crippen LogP contribution is -2.34. The molecular formula is C19H20FN5OS. The predicted octanol–water partition coefficient (Wildman–Crippen LogP) is 2.97. The number of halogens is 1. The van der Waals surface area contributed by atoms with Crippen LogP contribution < -0.4 is 5.32 Å². The van der Waals surface area contributed by atoms with Crippen molar-refractivity contribution in [3.63, 3.8) is 0 Å². The Bertz CT molecular complexity index is 949. The lowest BCUT2D eigenvalue weighted by Gasteiger charge is -2.22. The molecule has 2 aromatic heterocycles. The molecule has 1 aromatic carbocycles. The second-order valence-corrected chi connectivity index (χ2v) is 7.66. The molecule has 0 fully saturated rings. The average Bonchev–Trinajstić information content (AvgIpc) is 3.23. The zero-order valence-corrected chi connectivity index (χ0v) is 15.8. The zero-order chi connectivity index (χ0) is 18.8. The van der Waals surface area contributed by atoms with Crippen molar-refractivity contribution in [2.75, 3.05) is 0 Å². The highest BCUT2D eigenvalue weighted by Crippen LogP contribution is 2.23. The van der Waals surface area contributed by atoms with Crippen LogP contribution in [-0.4, -0.2) is 25.7 Å². The molecule has 4 rings (SSSR count). The maximum absolute atomic E-state index is 13.0. The van der Waals surface area contributed by atoms with Crippen molar-refractivity contribution in [2.24, 2.45) is 0 Å². The van der Waals surface area contributed by atoms with E-state index in [1.807, 2.05) is 17.0 Å². The average molecular weight is 385 g/mol. The molecular weight excluding hydrogens is 365 g/mol. The number of fused-ring (bicyclic) bond motifs is 1. The van der Waals surface area contributed by atoms with E-state index in [9.17, 15) is 9.18 Å². The summed E-state index contributed by atoms with van der Waals surface area (Å²) in [6.07, 6.45) is 2.72. The van der Waals surface area contributed by atoms with Crippen molar-refractivity contribution in [3.05, 3.63) is 63.4 Å². The number of aryl methyl sites for hydroxylation is 2. The summed E-state index contributed by atoms with van der Waals surface area (Å²) in [5.74, 6) is 1.26. The maximum atomic E-state index is 13.0. The van der Waals surface area contributed by atoms with Gasteiger partial charge in [-0.3, -0.25) is 4.79 Å². The van der Waals surface area contributed by atoms with Gasteiger partial charge in [0.1, 0.15) is 17.5 Å². The van der Waals surface area contributed by atoms with Crippen LogP contribution in [0.5, 0.6) is 0 Å². The first kappa shape index (κ1) is 17.8. The molecule has 0 saturated carbocycles. The van der Waals surface area contributed by atoms with Crippen LogP contribution in [-0.2, 0) is 24.2 Å². The lowest BCUT2D eigenvalue weighted by molar-refractivity contribution is -0.121. The molecule has 0 bridgehead atoms. The molecule has 8 heteroatoms. The molecule has 1 N–H and O–H groups in total. The van der Waals surface area contributed by atoms with Crippen LogP contribution in [0.1, 0.15) is 46.8 Å². The number of rotatable bonds is 5. The molecule has 1 amide bonds. The number of carbonyl (C=O) groups is 1. The van der Waals surface area contributed by atoms with E-state index >= 15 is 0 Å². The summed E-state index contributed by atoms with van der Waals surface area (Å²) < 4.78 is 14.9. The monoisotopic (exact) mass is 385 g/mol. The maximum Gasteiger partial charge on any atom is 0.226 e. The Hall–Kier alpha value is -2.61.